The summed E-state index contributed by atoms with van der Waals surface area (Å²) in [5, 5.41) is 2.26. The maximum Gasteiger partial charge on any atom is 0.183 e. The number of ether oxygens (including phenoxy) is 1. The van der Waals surface area contributed by atoms with Gasteiger partial charge in [0, 0.05) is 6.04 Å². The Morgan fingerprint density at radius 1 is 1.21 bits per heavy atom. The molecule has 1 aliphatic heterocycles. The highest BCUT2D eigenvalue weighted by atomic mass is 32.2. The topological polar surface area (TPSA) is 89.5 Å². The summed E-state index contributed by atoms with van der Waals surface area (Å²) < 4.78 is 56.0. The summed E-state index contributed by atoms with van der Waals surface area (Å²) in [6, 6.07) is 4.09. The van der Waals surface area contributed by atoms with Crippen molar-refractivity contribution >= 4 is 19.7 Å². The maximum atomic E-state index is 13.2. The van der Waals surface area contributed by atoms with E-state index in [-0.39, 0.29) is 16.4 Å². The van der Waals surface area contributed by atoms with Crippen molar-refractivity contribution < 1.29 is 21.6 Å². The van der Waals surface area contributed by atoms with Gasteiger partial charge in [-0.15, -0.1) is 0 Å². The van der Waals surface area contributed by atoms with Crippen LogP contribution in [0.2, 0.25) is 0 Å². The van der Waals surface area contributed by atoms with Gasteiger partial charge in [0.1, 0.15) is 5.75 Å². The smallest absolute Gasteiger partial charge is 0.183 e. The molecule has 1 aromatic rings. The average molecular weight is 428 g/mol. The van der Waals surface area contributed by atoms with Crippen LogP contribution in [0.1, 0.15) is 37.7 Å². The van der Waals surface area contributed by atoms with Crippen LogP contribution < -0.4 is 10.1 Å². The number of methoxy groups -OCH3 is 1. The van der Waals surface area contributed by atoms with Gasteiger partial charge in [0.05, 0.1) is 28.8 Å². The van der Waals surface area contributed by atoms with E-state index in [1.165, 1.54) is 31.6 Å². The maximum absolute atomic E-state index is 13.2. The standard InChI is InChI=1S/C20H29NO5S2/c1-15-12-17(8-9-19(15)26-2)28(24,25)20-14-27(22,23)13-18(20)21-11-10-16-6-4-3-5-7-16/h6,8-9,12,18,20-21H,3-5,7,10-11,13-14H2,1-2H3/t18-,20+/m1/s1. The van der Waals surface area contributed by atoms with Gasteiger partial charge < -0.3 is 10.1 Å². The number of sulfone groups is 2. The monoisotopic (exact) mass is 427 g/mol. The van der Waals surface area contributed by atoms with Crippen molar-refractivity contribution in [3.05, 3.63) is 35.4 Å². The van der Waals surface area contributed by atoms with Gasteiger partial charge in [-0.05, 0) is 69.3 Å². The number of rotatable bonds is 7. The summed E-state index contributed by atoms with van der Waals surface area (Å²) in [4.78, 5) is 0.148. The SMILES string of the molecule is COc1ccc(S(=O)(=O)[C@H]2CS(=O)(=O)C[C@H]2NCCC2=CCCCC2)cc1C. The van der Waals surface area contributed by atoms with Crippen molar-refractivity contribution in [2.75, 3.05) is 25.2 Å². The van der Waals surface area contributed by atoms with Crippen LogP contribution in [0.4, 0.5) is 0 Å². The summed E-state index contributed by atoms with van der Waals surface area (Å²) >= 11 is 0. The summed E-state index contributed by atoms with van der Waals surface area (Å²) in [5.41, 5.74) is 2.09. The van der Waals surface area contributed by atoms with Crippen molar-refractivity contribution in [3.63, 3.8) is 0 Å². The van der Waals surface area contributed by atoms with E-state index in [0.29, 0.717) is 17.9 Å². The van der Waals surface area contributed by atoms with Crippen LogP contribution in [-0.2, 0) is 19.7 Å². The molecule has 3 rings (SSSR count). The van der Waals surface area contributed by atoms with Gasteiger partial charge in [-0.3, -0.25) is 0 Å². The predicted molar refractivity (Wildman–Crippen MR) is 110 cm³/mol. The van der Waals surface area contributed by atoms with Crippen molar-refractivity contribution in [3.8, 4) is 5.75 Å². The molecule has 156 valence electrons. The fourth-order valence-corrected chi connectivity index (χ4v) is 8.86. The van der Waals surface area contributed by atoms with E-state index in [4.69, 9.17) is 4.74 Å². The summed E-state index contributed by atoms with van der Waals surface area (Å²) in [5.74, 6) is 0.139. The van der Waals surface area contributed by atoms with Crippen LogP contribution in [0.25, 0.3) is 0 Å². The Labute approximate surface area is 168 Å². The molecule has 2 atom stereocenters. The van der Waals surface area contributed by atoms with Gasteiger partial charge in [0.2, 0.25) is 0 Å². The van der Waals surface area contributed by atoms with Crippen molar-refractivity contribution in [1.82, 2.24) is 5.32 Å². The molecule has 1 N–H and O–H groups in total. The van der Waals surface area contributed by atoms with Gasteiger partial charge in [0.25, 0.3) is 0 Å². The Morgan fingerprint density at radius 2 is 2.00 bits per heavy atom. The molecule has 0 saturated carbocycles. The lowest BCUT2D eigenvalue weighted by Gasteiger charge is -2.21. The molecule has 0 amide bonds. The molecule has 0 spiro atoms. The third-order valence-corrected chi connectivity index (χ3v) is 9.78. The normalized spacial score (nSPS) is 24.7. The number of allylic oxidation sites excluding steroid dienone is 1. The zero-order valence-electron chi connectivity index (χ0n) is 16.5. The second-order valence-electron chi connectivity index (χ2n) is 7.71. The molecule has 28 heavy (non-hydrogen) atoms. The third-order valence-electron chi connectivity index (χ3n) is 5.63. The first kappa shape index (κ1) is 21.3. The highest BCUT2D eigenvalue weighted by Crippen LogP contribution is 2.29. The van der Waals surface area contributed by atoms with E-state index in [1.54, 1.807) is 19.1 Å². The fraction of sp³-hybridized carbons (Fsp3) is 0.600. The Kier molecular flexibility index (Phi) is 6.51. The lowest BCUT2D eigenvalue weighted by Crippen LogP contribution is -2.43. The summed E-state index contributed by atoms with van der Waals surface area (Å²) in [7, 11) is -5.64. The predicted octanol–water partition coefficient (Wildman–Crippen LogP) is 2.42. The van der Waals surface area contributed by atoms with E-state index >= 15 is 0 Å². The van der Waals surface area contributed by atoms with Crippen molar-refractivity contribution in [2.24, 2.45) is 0 Å². The average Bonchev–Trinajstić information content (AvgIpc) is 2.98. The van der Waals surface area contributed by atoms with Crippen LogP contribution in [0.3, 0.4) is 0 Å². The number of benzene rings is 1. The van der Waals surface area contributed by atoms with Crippen LogP contribution in [-0.4, -0.2) is 53.3 Å². The Morgan fingerprint density at radius 3 is 2.64 bits per heavy atom. The molecule has 6 nitrogen and oxygen atoms in total. The van der Waals surface area contributed by atoms with E-state index in [1.807, 2.05) is 0 Å². The lowest BCUT2D eigenvalue weighted by atomic mass is 9.97. The first-order valence-corrected chi connectivity index (χ1v) is 13.1. The first-order valence-electron chi connectivity index (χ1n) is 9.73. The van der Waals surface area contributed by atoms with Crippen LogP contribution in [0, 0.1) is 6.92 Å². The Hall–Kier alpha value is -1.38. The summed E-state index contributed by atoms with van der Waals surface area (Å²) in [6.07, 6.45) is 7.69. The molecule has 2 aliphatic rings. The second kappa shape index (κ2) is 8.55. The molecule has 1 aliphatic carbocycles. The number of nitrogens with one attached hydrogen (secondary N) is 1. The second-order valence-corrected chi connectivity index (χ2v) is 12.0. The minimum Gasteiger partial charge on any atom is -0.496 e. The Bertz CT molecular complexity index is 951. The molecule has 1 aromatic carbocycles. The molecule has 0 unspecified atom stereocenters. The zero-order chi connectivity index (χ0) is 20.4. The number of hydrogen-bond donors (Lipinski definition) is 1. The van der Waals surface area contributed by atoms with E-state index in [9.17, 15) is 16.8 Å². The van der Waals surface area contributed by atoms with Gasteiger partial charge in [0.15, 0.2) is 19.7 Å². The quantitative estimate of drug-likeness (QED) is 0.672. The molecule has 1 heterocycles. The number of hydrogen-bond acceptors (Lipinski definition) is 6. The minimum absolute atomic E-state index is 0.134. The molecular weight excluding hydrogens is 398 g/mol. The first-order chi connectivity index (χ1) is 13.2. The van der Waals surface area contributed by atoms with E-state index in [2.05, 4.69) is 11.4 Å². The molecule has 0 radical (unpaired) electrons. The molecule has 0 bridgehead atoms. The molecule has 0 aromatic heterocycles. The van der Waals surface area contributed by atoms with Gasteiger partial charge in [-0.1, -0.05) is 11.6 Å². The van der Waals surface area contributed by atoms with E-state index in [0.717, 1.165) is 19.3 Å². The minimum atomic E-state index is -3.77. The Balaban J connectivity index is 1.76. The third kappa shape index (κ3) is 4.78. The molecular formula is C20H29NO5S2. The highest BCUT2D eigenvalue weighted by Gasteiger charge is 2.45. The molecule has 8 heteroatoms. The highest BCUT2D eigenvalue weighted by molar-refractivity contribution is 7.96. The fourth-order valence-electron chi connectivity index (χ4n) is 4.06. The van der Waals surface area contributed by atoms with E-state index < -0.39 is 31.0 Å². The van der Waals surface area contributed by atoms with Gasteiger partial charge in [-0.2, -0.15) is 0 Å². The number of aryl methyl sites for hydroxylation is 1. The lowest BCUT2D eigenvalue weighted by molar-refractivity contribution is 0.411. The summed E-state index contributed by atoms with van der Waals surface area (Å²) in [6.45, 7) is 2.37. The molecule has 1 fully saturated rings. The van der Waals surface area contributed by atoms with Crippen molar-refractivity contribution in [1.29, 1.82) is 0 Å². The van der Waals surface area contributed by atoms with Gasteiger partial charge >= 0.3 is 0 Å². The van der Waals surface area contributed by atoms with Crippen LogP contribution >= 0.6 is 0 Å². The van der Waals surface area contributed by atoms with Crippen molar-refractivity contribution in [2.45, 2.75) is 55.2 Å². The zero-order valence-corrected chi connectivity index (χ0v) is 18.1. The largest absolute Gasteiger partial charge is 0.496 e. The van der Waals surface area contributed by atoms with Gasteiger partial charge in [-0.25, -0.2) is 16.8 Å². The van der Waals surface area contributed by atoms with Crippen LogP contribution in [0.15, 0.2) is 34.7 Å². The molecule has 1 saturated heterocycles. The van der Waals surface area contributed by atoms with Crippen LogP contribution in [0.5, 0.6) is 5.75 Å².